The van der Waals surface area contributed by atoms with E-state index in [2.05, 4.69) is 35.2 Å². The first kappa shape index (κ1) is 19.0. The van der Waals surface area contributed by atoms with Crippen molar-refractivity contribution >= 4 is 15.2 Å². The molecule has 4 heteroatoms. The largest absolute Gasteiger partial charge is 0.489 e. The lowest BCUT2D eigenvalue weighted by molar-refractivity contribution is -0.154. The minimum atomic E-state index is -0.431. The average Bonchev–Trinajstić information content (AvgIpc) is 2.44. The Labute approximate surface area is 137 Å². The summed E-state index contributed by atoms with van der Waals surface area (Å²) >= 11 is 0. The number of aryl methyl sites for hydroxylation is 2. The van der Waals surface area contributed by atoms with Gasteiger partial charge in [0.25, 0.3) is 0 Å². The van der Waals surface area contributed by atoms with Crippen molar-refractivity contribution in [2.45, 2.75) is 53.6 Å². The highest BCUT2D eigenvalue weighted by atomic mass is 31.0. The number of hydrogen-bond donors (Lipinski definition) is 0. The monoisotopic (exact) mass is 324 g/mol. The Hall–Kier alpha value is -1.08. The Morgan fingerprint density at radius 1 is 1.27 bits per heavy atom. The molecule has 0 fully saturated rings. The van der Waals surface area contributed by atoms with E-state index < -0.39 is 5.41 Å². The van der Waals surface area contributed by atoms with Gasteiger partial charge in [0, 0.05) is 5.56 Å². The summed E-state index contributed by atoms with van der Waals surface area (Å²) in [6.07, 6.45) is 0.762. The van der Waals surface area contributed by atoms with Crippen LogP contribution in [-0.2, 0) is 9.53 Å². The fourth-order valence-electron chi connectivity index (χ4n) is 2.14. The van der Waals surface area contributed by atoms with Gasteiger partial charge in [-0.05, 0) is 45.3 Å². The Morgan fingerprint density at radius 2 is 1.91 bits per heavy atom. The van der Waals surface area contributed by atoms with Gasteiger partial charge in [0.2, 0.25) is 0 Å². The standard InChI is InChI=1S/C18H29O3P/c1-7-18(5,6)17(19)21-9-8-20-16-13(3)10-12(2)11-15(16)14(4)22/h10-11,14H,7-9,22H2,1-6H3. The van der Waals surface area contributed by atoms with E-state index in [0.717, 1.165) is 17.7 Å². The summed E-state index contributed by atoms with van der Waals surface area (Å²) in [7, 11) is 2.80. The maximum Gasteiger partial charge on any atom is 0.311 e. The van der Waals surface area contributed by atoms with Crippen LogP contribution < -0.4 is 4.74 Å². The van der Waals surface area contributed by atoms with Crippen LogP contribution in [0.2, 0.25) is 0 Å². The van der Waals surface area contributed by atoms with Crippen LogP contribution in [0.5, 0.6) is 5.75 Å². The molecule has 0 saturated carbocycles. The second-order valence-electron chi connectivity index (χ2n) is 6.51. The van der Waals surface area contributed by atoms with E-state index in [9.17, 15) is 4.79 Å². The quantitative estimate of drug-likeness (QED) is 0.418. The van der Waals surface area contributed by atoms with Crippen LogP contribution in [0.25, 0.3) is 0 Å². The molecule has 3 nitrogen and oxygen atoms in total. The molecule has 0 saturated heterocycles. The molecular weight excluding hydrogens is 295 g/mol. The fraction of sp³-hybridized carbons (Fsp3) is 0.611. The van der Waals surface area contributed by atoms with Crippen LogP contribution in [0.1, 0.15) is 56.5 Å². The summed E-state index contributed by atoms with van der Waals surface area (Å²) in [4.78, 5) is 11.9. The Morgan fingerprint density at radius 3 is 2.45 bits per heavy atom. The van der Waals surface area contributed by atoms with Crippen LogP contribution >= 0.6 is 9.24 Å². The van der Waals surface area contributed by atoms with Crippen molar-refractivity contribution < 1.29 is 14.3 Å². The van der Waals surface area contributed by atoms with Gasteiger partial charge in [-0.1, -0.05) is 31.5 Å². The molecule has 0 aliphatic carbocycles. The van der Waals surface area contributed by atoms with Gasteiger partial charge in [-0.15, -0.1) is 9.24 Å². The van der Waals surface area contributed by atoms with Crippen LogP contribution in [-0.4, -0.2) is 19.2 Å². The highest BCUT2D eigenvalue weighted by Crippen LogP contribution is 2.34. The normalized spacial score (nSPS) is 12.9. The molecule has 1 aromatic carbocycles. The first-order valence-corrected chi connectivity index (χ1v) is 8.52. The summed E-state index contributed by atoms with van der Waals surface area (Å²) in [6, 6.07) is 4.25. The smallest absolute Gasteiger partial charge is 0.311 e. The number of carbonyl (C=O) groups is 1. The lowest BCUT2D eigenvalue weighted by atomic mass is 9.91. The van der Waals surface area contributed by atoms with Gasteiger partial charge < -0.3 is 9.47 Å². The maximum atomic E-state index is 11.9. The molecule has 0 aromatic heterocycles. The Kier molecular flexibility index (Phi) is 6.87. The highest BCUT2D eigenvalue weighted by Gasteiger charge is 2.26. The van der Waals surface area contributed by atoms with Crippen LogP contribution in [0.15, 0.2) is 12.1 Å². The van der Waals surface area contributed by atoms with E-state index in [-0.39, 0.29) is 12.6 Å². The minimum Gasteiger partial charge on any atom is -0.489 e. The van der Waals surface area contributed by atoms with E-state index in [1.807, 2.05) is 27.7 Å². The molecule has 0 heterocycles. The lowest BCUT2D eigenvalue weighted by Gasteiger charge is -2.21. The predicted octanol–water partition coefficient (Wildman–Crippen LogP) is 4.60. The minimum absolute atomic E-state index is 0.168. The topological polar surface area (TPSA) is 35.5 Å². The summed E-state index contributed by atoms with van der Waals surface area (Å²) in [5, 5.41) is 0. The molecule has 0 amide bonds. The van der Waals surface area contributed by atoms with E-state index >= 15 is 0 Å². The molecule has 0 aliphatic heterocycles. The van der Waals surface area contributed by atoms with Gasteiger partial charge in [0.1, 0.15) is 19.0 Å². The molecule has 124 valence electrons. The third kappa shape index (κ3) is 4.98. The van der Waals surface area contributed by atoms with E-state index in [1.165, 1.54) is 11.1 Å². The van der Waals surface area contributed by atoms with Gasteiger partial charge in [-0.2, -0.15) is 0 Å². The van der Waals surface area contributed by atoms with Crippen molar-refractivity contribution in [3.05, 3.63) is 28.8 Å². The molecule has 2 atom stereocenters. The number of rotatable bonds is 7. The lowest BCUT2D eigenvalue weighted by Crippen LogP contribution is -2.27. The third-order valence-corrected chi connectivity index (χ3v) is 4.30. The van der Waals surface area contributed by atoms with Crippen LogP contribution in [0.3, 0.4) is 0 Å². The molecule has 22 heavy (non-hydrogen) atoms. The molecule has 0 N–H and O–H groups in total. The van der Waals surface area contributed by atoms with Crippen molar-refractivity contribution in [2.75, 3.05) is 13.2 Å². The first-order chi connectivity index (χ1) is 10.2. The molecule has 0 spiro atoms. The second-order valence-corrected chi connectivity index (χ2v) is 7.51. The third-order valence-electron chi connectivity index (χ3n) is 3.94. The molecule has 1 aromatic rings. The Balaban J connectivity index is 2.65. The fourth-order valence-corrected chi connectivity index (χ4v) is 2.39. The second kappa shape index (κ2) is 7.97. The molecule has 0 bridgehead atoms. The predicted molar refractivity (Wildman–Crippen MR) is 94.6 cm³/mol. The van der Waals surface area contributed by atoms with Gasteiger partial charge in [0.05, 0.1) is 5.41 Å². The average molecular weight is 324 g/mol. The van der Waals surface area contributed by atoms with Crippen molar-refractivity contribution in [3.63, 3.8) is 0 Å². The number of ether oxygens (including phenoxy) is 2. The summed E-state index contributed by atoms with van der Waals surface area (Å²) < 4.78 is 11.2. The van der Waals surface area contributed by atoms with Crippen molar-refractivity contribution in [1.82, 2.24) is 0 Å². The molecule has 1 rings (SSSR count). The SMILES string of the molecule is CCC(C)(C)C(=O)OCCOc1c(C)cc(C)cc1C(C)P. The summed E-state index contributed by atoms with van der Waals surface area (Å²) in [5.74, 6) is 0.734. The van der Waals surface area contributed by atoms with E-state index in [0.29, 0.717) is 12.3 Å². The molecular formula is C18H29O3P. The number of esters is 1. The van der Waals surface area contributed by atoms with Crippen molar-refractivity contribution in [3.8, 4) is 5.75 Å². The zero-order valence-electron chi connectivity index (χ0n) is 14.7. The Bertz CT molecular complexity index is 521. The molecule has 0 aliphatic rings. The van der Waals surface area contributed by atoms with Crippen molar-refractivity contribution in [2.24, 2.45) is 5.41 Å². The first-order valence-electron chi connectivity index (χ1n) is 7.85. The molecule has 2 unspecified atom stereocenters. The van der Waals surface area contributed by atoms with Gasteiger partial charge in [-0.3, -0.25) is 4.79 Å². The summed E-state index contributed by atoms with van der Waals surface area (Å²) in [6.45, 7) is 12.7. The summed E-state index contributed by atoms with van der Waals surface area (Å²) in [5.41, 5.74) is 3.40. The van der Waals surface area contributed by atoms with Crippen molar-refractivity contribution in [1.29, 1.82) is 0 Å². The van der Waals surface area contributed by atoms with Gasteiger partial charge in [-0.25, -0.2) is 0 Å². The van der Waals surface area contributed by atoms with E-state index in [1.54, 1.807) is 0 Å². The maximum absolute atomic E-state index is 11.9. The highest BCUT2D eigenvalue weighted by molar-refractivity contribution is 7.17. The van der Waals surface area contributed by atoms with E-state index in [4.69, 9.17) is 9.47 Å². The van der Waals surface area contributed by atoms with Gasteiger partial charge in [0.15, 0.2) is 0 Å². The zero-order valence-corrected chi connectivity index (χ0v) is 15.8. The van der Waals surface area contributed by atoms with Crippen LogP contribution in [0, 0.1) is 19.3 Å². The number of benzene rings is 1. The molecule has 0 radical (unpaired) electrons. The van der Waals surface area contributed by atoms with Crippen LogP contribution in [0.4, 0.5) is 0 Å². The zero-order chi connectivity index (χ0) is 16.9. The van der Waals surface area contributed by atoms with Gasteiger partial charge >= 0.3 is 5.97 Å². The number of hydrogen-bond acceptors (Lipinski definition) is 3. The number of carbonyl (C=O) groups excluding carboxylic acids is 1.